The molecule has 0 amide bonds. The fourth-order valence-electron chi connectivity index (χ4n) is 1.08. The van der Waals surface area contributed by atoms with Crippen molar-refractivity contribution in [1.82, 2.24) is 4.98 Å². The van der Waals surface area contributed by atoms with Gasteiger partial charge in [0.05, 0.1) is 16.1 Å². The summed E-state index contributed by atoms with van der Waals surface area (Å²) in [6.07, 6.45) is -1.67. The molecule has 0 N–H and O–H groups in total. The van der Waals surface area contributed by atoms with Gasteiger partial charge in [0.1, 0.15) is 6.07 Å². The molecule has 0 fully saturated rings. The lowest BCUT2D eigenvalue weighted by atomic mass is 10.1. The monoisotopic (exact) mass is 319 g/mol. The molecule has 0 aliphatic rings. The summed E-state index contributed by atoms with van der Waals surface area (Å²) < 4.78 is 25.5. The van der Waals surface area contributed by atoms with Crippen LogP contribution in [0.4, 0.5) is 8.78 Å². The maximum Gasteiger partial charge on any atom is 0.265 e. The molecule has 15 heavy (non-hydrogen) atoms. The van der Waals surface area contributed by atoms with Gasteiger partial charge in [-0.2, -0.15) is 10.5 Å². The molecule has 0 saturated heterocycles. The molecule has 0 atom stereocenters. The van der Waals surface area contributed by atoms with Crippen LogP contribution in [0.15, 0.2) is 6.20 Å². The van der Waals surface area contributed by atoms with Crippen molar-refractivity contribution in [2.24, 2.45) is 0 Å². The highest BCUT2D eigenvalue weighted by molar-refractivity contribution is 14.1. The number of nitrogens with zero attached hydrogens (tertiary/aromatic N) is 3. The van der Waals surface area contributed by atoms with E-state index in [4.69, 9.17) is 10.5 Å². The molecule has 1 aromatic heterocycles. The Labute approximate surface area is 98.5 Å². The van der Waals surface area contributed by atoms with Crippen molar-refractivity contribution in [2.75, 3.05) is 0 Å². The minimum Gasteiger partial charge on any atom is -0.244 e. The second-order valence-electron chi connectivity index (χ2n) is 2.61. The number of nitriles is 2. The van der Waals surface area contributed by atoms with Crippen LogP contribution in [-0.2, 0) is 6.42 Å². The number of hydrogen-bond acceptors (Lipinski definition) is 3. The Hall–Kier alpha value is -1.28. The van der Waals surface area contributed by atoms with E-state index in [0.717, 1.165) is 6.20 Å². The molecular weight excluding hydrogens is 315 g/mol. The predicted molar refractivity (Wildman–Crippen MR) is 55.9 cm³/mol. The highest BCUT2D eigenvalue weighted by Crippen LogP contribution is 2.29. The molecule has 0 bridgehead atoms. The van der Waals surface area contributed by atoms with E-state index in [1.54, 1.807) is 34.7 Å². The second-order valence-corrected chi connectivity index (χ2v) is 3.69. The number of rotatable bonds is 2. The Balaban J connectivity index is 3.40. The van der Waals surface area contributed by atoms with E-state index in [0.29, 0.717) is 0 Å². The van der Waals surface area contributed by atoms with Crippen molar-refractivity contribution in [3.8, 4) is 12.1 Å². The van der Waals surface area contributed by atoms with Crippen LogP contribution in [0.1, 0.15) is 23.2 Å². The quantitative estimate of drug-likeness (QED) is 0.787. The lowest BCUT2D eigenvalue weighted by Crippen LogP contribution is -2.02. The summed E-state index contributed by atoms with van der Waals surface area (Å²) >= 11 is 1.65. The summed E-state index contributed by atoms with van der Waals surface area (Å²) in [7, 11) is 0. The highest BCUT2D eigenvalue weighted by atomic mass is 127. The van der Waals surface area contributed by atoms with E-state index in [2.05, 4.69) is 4.98 Å². The van der Waals surface area contributed by atoms with Crippen LogP contribution >= 0.6 is 22.6 Å². The highest BCUT2D eigenvalue weighted by Gasteiger charge is 2.20. The number of alkyl halides is 2. The van der Waals surface area contributed by atoms with Crippen LogP contribution < -0.4 is 0 Å². The van der Waals surface area contributed by atoms with E-state index in [9.17, 15) is 8.78 Å². The van der Waals surface area contributed by atoms with Crippen molar-refractivity contribution in [1.29, 1.82) is 10.5 Å². The van der Waals surface area contributed by atoms with Gasteiger partial charge in [0, 0.05) is 11.8 Å². The summed E-state index contributed by atoms with van der Waals surface area (Å²) in [5.74, 6) is 0. The molecule has 0 radical (unpaired) electrons. The van der Waals surface area contributed by atoms with E-state index < -0.39 is 6.43 Å². The third kappa shape index (κ3) is 2.39. The van der Waals surface area contributed by atoms with Gasteiger partial charge in [0.2, 0.25) is 0 Å². The molecule has 0 aliphatic heterocycles. The Bertz CT molecular complexity index is 460. The summed E-state index contributed by atoms with van der Waals surface area (Å²) in [6, 6.07) is 3.51. The summed E-state index contributed by atoms with van der Waals surface area (Å²) in [5, 5.41) is 17.1. The molecule has 0 aromatic carbocycles. The standard InChI is InChI=1S/C9H4F2IN3/c10-9(11)7-5(1-2-13)4-15-6(3-14)8(7)12/h4,9H,1H2. The summed E-state index contributed by atoms with van der Waals surface area (Å²) in [6.45, 7) is 0. The lowest BCUT2D eigenvalue weighted by molar-refractivity contribution is 0.149. The zero-order valence-electron chi connectivity index (χ0n) is 7.34. The number of aromatic nitrogens is 1. The van der Waals surface area contributed by atoms with Crippen molar-refractivity contribution < 1.29 is 8.78 Å². The second kappa shape index (κ2) is 4.99. The van der Waals surface area contributed by atoms with Crippen molar-refractivity contribution in [3.05, 3.63) is 26.6 Å². The summed E-state index contributed by atoms with van der Waals surface area (Å²) in [4.78, 5) is 3.71. The first-order valence-electron chi connectivity index (χ1n) is 3.84. The van der Waals surface area contributed by atoms with Crippen molar-refractivity contribution in [3.63, 3.8) is 0 Å². The Kier molecular flexibility index (Phi) is 3.92. The molecule has 76 valence electrons. The normalized spacial score (nSPS) is 9.73. The molecule has 1 heterocycles. The van der Waals surface area contributed by atoms with Gasteiger partial charge in [0.15, 0.2) is 5.69 Å². The zero-order chi connectivity index (χ0) is 11.4. The smallest absolute Gasteiger partial charge is 0.244 e. The Morgan fingerprint density at radius 3 is 2.60 bits per heavy atom. The van der Waals surface area contributed by atoms with Gasteiger partial charge >= 0.3 is 0 Å². The van der Waals surface area contributed by atoms with Crippen LogP contribution in [0.2, 0.25) is 0 Å². The lowest BCUT2D eigenvalue weighted by Gasteiger charge is -2.08. The van der Waals surface area contributed by atoms with Gasteiger partial charge in [-0.15, -0.1) is 0 Å². The molecule has 0 saturated carbocycles. The first-order chi connectivity index (χ1) is 7.11. The van der Waals surface area contributed by atoms with Gasteiger partial charge in [-0.3, -0.25) is 0 Å². The maximum absolute atomic E-state index is 12.7. The van der Waals surface area contributed by atoms with Crippen LogP contribution in [0.5, 0.6) is 0 Å². The SMILES string of the molecule is N#CCc1cnc(C#N)c(I)c1C(F)F. The van der Waals surface area contributed by atoms with E-state index in [1.807, 2.05) is 0 Å². The Morgan fingerprint density at radius 2 is 2.13 bits per heavy atom. The first-order valence-corrected chi connectivity index (χ1v) is 4.92. The van der Waals surface area contributed by atoms with Gasteiger partial charge in [-0.1, -0.05) is 0 Å². The topological polar surface area (TPSA) is 60.5 Å². The fourth-order valence-corrected chi connectivity index (χ4v) is 1.92. The molecule has 6 heteroatoms. The van der Waals surface area contributed by atoms with Crippen LogP contribution in [0.25, 0.3) is 0 Å². The van der Waals surface area contributed by atoms with Crippen LogP contribution in [0.3, 0.4) is 0 Å². The molecule has 1 rings (SSSR count). The number of pyridine rings is 1. The first kappa shape index (κ1) is 11.8. The van der Waals surface area contributed by atoms with Crippen LogP contribution in [0, 0.1) is 26.2 Å². The molecule has 0 spiro atoms. The number of halogens is 3. The molecular formula is C9H4F2IN3. The third-order valence-corrected chi connectivity index (χ3v) is 2.83. The summed E-state index contributed by atoms with van der Waals surface area (Å²) in [5.41, 5.74) is -0.118. The van der Waals surface area contributed by atoms with E-state index >= 15 is 0 Å². The zero-order valence-corrected chi connectivity index (χ0v) is 9.49. The minimum atomic E-state index is -2.70. The average Bonchev–Trinajstić information content (AvgIpc) is 2.18. The fraction of sp³-hybridized carbons (Fsp3) is 0.222. The third-order valence-electron chi connectivity index (χ3n) is 1.73. The average molecular weight is 319 g/mol. The van der Waals surface area contributed by atoms with Gasteiger partial charge in [-0.05, 0) is 28.2 Å². The minimum absolute atomic E-state index is 0.0346. The molecule has 3 nitrogen and oxygen atoms in total. The van der Waals surface area contributed by atoms with Crippen molar-refractivity contribution >= 4 is 22.6 Å². The molecule has 1 aromatic rings. The van der Waals surface area contributed by atoms with E-state index in [-0.39, 0.29) is 26.8 Å². The largest absolute Gasteiger partial charge is 0.265 e. The van der Waals surface area contributed by atoms with Crippen molar-refractivity contribution in [2.45, 2.75) is 12.8 Å². The number of hydrogen-bond donors (Lipinski definition) is 0. The molecule has 0 unspecified atom stereocenters. The van der Waals surface area contributed by atoms with Crippen LogP contribution in [-0.4, -0.2) is 4.98 Å². The van der Waals surface area contributed by atoms with E-state index in [1.165, 1.54) is 0 Å². The van der Waals surface area contributed by atoms with Gasteiger partial charge in [-0.25, -0.2) is 13.8 Å². The maximum atomic E-state index is 12.7. The predicted octanol–water partition coefficient (Wildman–Crippen LogP) is 2.56. The van der Waals surface area contributed by atoms with Gasteiger partial charge in [0.25, 0.3) is 6.43 Å². The Morgan fingerprint density at radius 1 is 1.47 bits per heavy atom. The molecule has 0 aliphatic carbocycles. The van der Waals surface area contributed by atoms with Gasteiger partial charge < -0.3 is 0 Å².